The van der Waals surface area contributed by atoms with Crippen LogP contribution in [-0.4, -0.2) is 44.0 Å². The van der Waals surface area contributed by atoms with E-state index in [2.05, 4.69) is 10.6 Å². The Kier molecular flexibility index (Phi) is 5.36. The lowest BCUT2D eigenvalue weighted by Crippen LogP contribution is -2.40. The molecule has 2 N–H and O–H groups in total. The summed E-state index contributed by atoms with van der Waals surface area (Å²) in [7, 11) is 0. The molecule has 0 bridgehead atoms. The molecule has 2 unspecified atom stereocenters. The van der Waals surface area contributed by atoms with Crippen molar-refractivity contribution in [1.82, 2.24) is 10.6 Å². The molecular weight excluding hydrogens is 220 g/mol. The summed E-state index contributed by atoms with van der Waals surface area (Å²) < 4.78 is 11.0. The van der Waals surface area contributed by atoms with Crippen molar-refractivity contribution >= 4 is 5.91 Å². The molecule has 0 aromatic carbocycles. The Bertz CT molecular complexity index is 256. The topological polar surface area (TPSA) is 59.6 Å². The van der Waals surface area contributed by atoms with E-state index >= 15 is 0 Å². The smallest absolute Gasteiger partial charge is 0.224 e. The molecule has 1 rings (SSSR count). The van der Waals surface area contributed by atoms with Gasteiger partial charge in [-0.3, -0.25) is 4.79 Å². The SMILES string of the molecule is CCNCC(C)C(=O)NCC1COC(C)(C)O1. The van der Waals surface area contributed by atoms with Gasteiger partial charge in [0, 0.05) is 19.0 Å². The van der Waals surface area contributed by atoms with Crippen molar-refractivity contribution in [2.75, 3.05) is 26.2 Å². The number of carbonyl (C=O) groups is 1. The van der Waals surface area contributed by atoms with Gasteiger partial charge in [-0.1, -0.05) is 13.8 Å². The fourth-order valence-electron chi connectivity index (χ4n) is 1.71. The molecule has 2 atom stereocenters. The van der Waals surface area contributed by atoms with Crippen molar-refractivity contribution in [1.29, 1.82) is 0 Å². The first-order valence-corrected chi connectivity index (χ1v) is 6.25. The van der Waals surface area contributed by atoms with E-state index in [9.17, 15) is 4.79 Å². The van der Waals surface area contributed by atoms with Gasteiger partial charge < -0.3 is 20.1 Å². The van der Waals surface area contributed by atoms with E-state index in [4.69, 9.17) is 9.47 Å². The van der Waals surface area contributed by atoms with Crippen LogP contribution in [0, 0.1) is 5.92 Å². The molecule has 0 spiro atoms. The van der Waals surface area contributed by atoms with Crippen molar-refractivity contribution in [2.45, 2.75) is 39.6 Å². The van der Waals surface area contributed by atoms with Crippen molar-refractivity contribution in [3.63, 3.8) is 0 Å². The number of hydrogen-bond acceptors (Lipinski definition) is 4. The third kappa shape index (κ3) is 5.02. The largest absolute Gasteiger partial charge is 0.353 e. The summed E-state index contributed by atoms with van der Waals surface area (Å²) in [6, 6.07) is 0. The van der Waals surface area contributed by atoms with Gasteiger partial charge >= 0.3 is 0 Å². The van der Waals surface area contributed by atoms with Crippen LogP contribution in [-0.2, 0) is 14.3 Å². The number of carbonyl (C=O) groups excluding carboxylic acids is 1. The van der Waals surface area contributed by atoms with Crippen LogP contribution in [0.25, 0.3) is 0 Å². The van der Waals surface area contributed by atoms with Crippen LogP contribution >= 0.6 is 0 Å². The van der Waals surface area contributed by atoms with Gasteiger partial charge in [-0.2, -0.15) is 0 Å². The lowest BCUT2D eigenvalue weighted by atomic mass is 10.1. The van der Waals surface area contributed by atoms with Gasteiger partial charge in [0.05, 0.1) is 6.61 Å². The minimum absolute atomic E-state index is 0.0229. The maximum atomic E-state index is 11.7. The van der Waals surface area contributed by atoms with Crippen LogP contribution in [0.4, 0.5) is 0 Å². The Morgan fingerprint density at radius 2 is 2.24 bits per heavy atom. The van der Waals surface area contributed by atoms with E-state index < -0.39 is 5.79 Å². The van der Waals surface area contributed by atoms with Crippen LogP contribution < -0.4 is 10.6 Å². The van der Waals surface area contributed by atoms with Crippen molar-refractivity contribution in [3.8, 4) is 0 Å². The van der Waals surface area contributed by atoms with Gasteiger partial charge in [-0.05, 0) is 20.4 Å². The quantitative estimate of drug-likeness (QED) is 0.714. The summed E-state index contributed by atoms with van der Waals surface area (Å²) >= 11 is 0. The highest BCUT2D eigenvalue weighted by Crippen LogP contribution is 2.21. The lowest BCUT2D eigenvalue weighted by Gasteiger charge is -2.18. The van der Waals surface area contributed by atoms with Gasteiger partial charge in [0.15, 0.2) is 5.79 Å². The molecule has 1 heterocycles. The Morgan fingerprint density at radius 1 is 1.53 bits per heavy atom. The van der Waals surface area contributed by atoms with Gasteiger partial charge in [-0.15, -0.1) is 0 Å². The molecule has 1 saturated heterocycles. The fraction of sp³-hybridized carbons (Fsp3) is 0.917. The van der Waals surface area contributed by atoms with Gasteiger partial charge in [0.25, 0.3) is 0 Å². The number of rotatable bonds is 6. The van der Waals surface area contributed by atoms with Gasteiger partial charge in [-0.25, -0.2) is 0 Å². The minimum Gasteiger partial charge on any atom is -0.353 e. The molecular formula is C12H24N2O3. The van der Waals surface area contributed by atoms with Crippen molar-refractivity contribution in [2.24, 2.45) is 5.92 Å². The summed E-state index contributed by atoms with van der Waals surface area (Å²) in [5, 5.41) is 6.04. The maximum Gasteiger partial charge on any atom is 0.224 e. The molecule has 5 nitrogen and oxygen atoms in total. The summed E-state index contributed by atoms with van der Waals surface area (Å²) in [6.07, 6.45) is -0.0414. The zero-order valence-corrected chi connectivity index (χ0v) is 11.2. The second-order valence-electron chi connectivity index (χ2n) is 4.90. The monoisotopic (exact) mass is 244 g/mol. The lowest BCUT2D eigenvalue weighted by molar-refractivity contribution is -0.139. The van der Waals surface area contributed by atoms with Crippen molar-refractivity contribution < 1.29 is 14.3 Å². The molecule has 100 valence electrons. The van der Waals surface area contributed by atoms with E-state index in [1.54, 1.807) is 0 Å². The second kappa shape index (κ2) is 6.33. The number of hydrogen-bond donors (Lipinski definition) is 2. The van der Waals surface area contributed by atoms with Crippen LogP contribution in [0.15, 0.2) is 0 Å². The zero-order chi connectivity index (χ0) is 12.9. The third-order valence-electron chi connectivity index (χ3n) is 2.72. The number of amides is 1. The summed E-state index contributed by atoms with van der Waals surface area (Å²) in [5.74, 6) is -0.491. The van der Waals surface area contributed by atoms with Gasteiger partial charge in [0.2, 0.25) is 5.91 Å². The number of nitrogens with one attached hydrogen (secondary N) is 2. The summed E-state index contributed by atoms with van der Waals surface area (Å²) in [6.45, 7) is 10.3. The molecule has 1 amide bonds. The van der Waals surface area contributed by atoms with E-state index in [1.807, 2.05) is 27.7 Å². The summed E-state index contributed by atoms with van der Waals surface area (Å²) in [4.78, 5) is 11.7. The highest BCUT2D eigenvalue weighted by atomic mass is 16.7. The fourth-order valence-corrected chi connectivity index (χ4v) is 1.71. The maximum absolute atomic E-state index is 11.7. The Balaban J connectivity index is 2.20. The molecule has 1 aliphatic rings. The molecule has 5 heteroatoms. The van der Waals surface area contributed by atoms with E-state index in [-0.39, 0.29) is 17.9 Å². The average Bonchev–Trinajstić information content (AvgIpc) is 2.62. The Hall–Kier alpha value is -0.650. The van der Waals surface area contributed by atoms with Gasteiger partial charge in [0.1, 0.15) is 6.10 Å². The van der Waals surface area contributed by atoms with Crippen LogP contribution in [0.1, 0.15) is 27.7 Å². The second-order valence-corrected chi connectivity index (χ2v) is 4.90. The van der Waals surface area contributed by atoms with Crippen molar-refractivity contribution in [3.05, 3.63) is 0 Å². The minimum atomic E-state index is -0.523. The summed E-state index contributed by atoms with van der Waals surface area (Å²) in [5.41, 5.74) is 0. The molecule has 1 aliphatic heterocycles. The van der Waals surface area contributed by atoms with Crippen LogP contribution in [0.2, 0.25) is 0 Å². The first kappa shape index (κ1) is 14.4. The Labute approximate surface area is 103 Å². The molecule has 0 aromatic heterocycles. The van der Waals surface area contributed by atoms with E-state index in [0.29, 0.717) is 19.7 Å². The van der Waals surface area contributed by atoms with Crippen LogP contribution in [0.5, 0.6) is 0 Å². The highest BCUT2D eigenvalue weighted by molar-refractivity contribution is 5.78. The number of ether oxygens (including phenoxy) is 2. The highest BCUT2D eigenvalue weighted by Gasteiger charge is 2.32. The normalized spacial score (nSPS) is 24.6. The predicted molar refractivity (Wildman–Crippen MR) is 65.6 cm³/mol. The molecule has 0 radical (unpaired) electrons. The first-order chi connectivity index (χ1) is 7.94. The molecule has 1 fully saturated rings. The van der Waals surface area contributed by atoms with E-state index in [1.165, 1.54) is 0 Å². The molecule has 0 saturated carbocycles. The Morgan fingerprint density at radius 3 is 2.76 bits per heavy atom. The molecule has 17 heavy (non-hydrogen) atoms. The molecule has 0 aromatic rings. The average molecular weight is 244 g/mol. The van der Waals surface area contributed by atoms with Crippen LogP contribution in [0.3, 0.4) is 0 Å². The third-order valence-corrected chi connectivity index (χ3v) is 2.72. The zero-order valence-electron chi connectivity index (χ0n) is 11.2. The molecule has 0 aliphatic carbocycles. The first-order valence-electron chi connectivity index (χ1n) is 6.25. The predicted octanol–water partition coefficient (Wildman–Crippen LogP) is 0.500. The van der Waals surface area contributed by atoms with E-state index in [0.717, 1.165) is 6.54 Å². The standard InChI is InChI=1S/C12H24N2O3/c1-5-13-6-9(2)11(15)14-7-10-8-16-12(3,4)17-10/h9-10,13H,5-8H2,1-4H3,(H,14,15).